The Morgan fingerprint density at radius 2 is 2.08 bits per heavy atom. The molecule has 12 heavy (non-hydrogen) atoms. The van der Waals surface area contributed by atoms with E-state index in [0.29, 0.717) is 0 Å². The number of halogens is 3. The van der Waals surface area contributed by atoms with Gasteiger partial charge in [-0.3, -0.25) is 0 Å². The number of benzene rings is 1. The molecule has 4 heteroatoms. The van der Waals surface area contributed by atoms with Crippen LogP contribution in [0.25, 0.3) is 0 Å². The van der Waals surface area contributed by atoms with E-state index in [1.807, 2.05) is 0 Å². The summed E-state index contributed by atoms with van der Waals surface area (Å²) in [6.45, 7) is 0. The minimum atomic E-state index is -0.651. The third-order valence-corrected chi connectivity index (χ3v) is 1.86. The second kappa shape index (κ2) is 3.83. The molecular formula is C8H8ClF2N. The molecule has 66 valence electrons. The summed E-state index contributed by atoms with van der Waals surface area (Å²) in [6.07, 6.45) is 0. The molecule has 0 amide bonds. The molecule has 0 saturated heterocycles. The summed E-state index contributed by atoms with van der Waals surface area (Å²) < 4.78 is 25.5. The van der Waals surface area contributed by atoms with Crippen molar-refractivity contribution in [3.8, 4) is 0 Å². The van der Waals surface area contributed by atoms with Gasteiger partial charge in [0.05, 0.1) is 0 Å². The van der Waals surface area contributed by atoms with Crippen LogP contribution in [-0.4, -0.2) is 5.88 Å². The van der Waals surface area contributed by atoms with Crippen LogP contribution in [0.15, 0.2) is 18.2 Å². The smallest absolute Gasteiger partial charge is 0.128 e. The monoisotopic (exact) mass is 191 g/mol. The van der Waals surface area contributed by atoms with Crippen LogP contribution in [0.4, 0.5) is 8.78 Å². The lowest BCUT2D eigenvalue weighted by Crippen LogP contribution is -2.13. The SMILES string of the molecule is NC(CCl)c1cc(F)ccc1F. The van der Waals surface area contributed by atoms with Crippen molar-refractivity contribution >= 4 is 11.6 Å². The Hall–Kier alpha value is -0.670. The lowest BCUT2D eigenvalue weighted by molar-refractivity contribution is 0.572. The zero-order chi connectivity index (χ0) is 9.14. The molecule has 0 aliphatic heterocycles. The fourth-order valence-electron chi connectivity index (χ4n) is 0.882. The second-order valence-electron chi connectivity index (χ2n) is 2.43. The van der Waals surface area contributed by atoms with Gasteiger partial charge in [0.15, 0.2) is 0 Å². The van der Waals surface area contributed by atoms with E-state index in [9.17, 15) is 8.78 Å². The molecule has 1 atom stereocenters. The summed E-state index contributed by atoms with van der Waals surface area (Å²) in [5, 5.41) is 0. The zero-order valence-electron chi connectivity index (χ0n) is 6.23. The van der Waals surface area contributed by atoms with Crippen molar-refractivity contribution in [3.05, 3.63) is 35.4 Å². The van der Waals surface area contributed by atoms with Gasteiger partial charge in [0.25, 0.3) is 0 Å². The molecule has 1 nitrogen and oxygen atoms in total. The Morgan fingerprint density at radius 1 is 1.42 bits per heavy atom. The quantitative estimate of drug-likeness (QED) is 0.713. The van der Waals surface area contributed by atoms with Crippen molar-refractivity contribution in [2.75, 3.05) is 5.88 Å². The number of hydrogen-bond donors (Lipinski definition) is 1. The van der Waals surface area contributed by atoms with E-state index in [2.05, 4.69) is 0 Å². The summed E-state index contributed by atoms with van der Waals surface area (Å²) in [5.41, 5.74) is 5.54. The zero-order valence-corrected chi connectivity index (χ0v) is 6.98. The van der Waals surface area contributed by atoms with E-state index in [0.717, 1.165) is 18.2 Å². The van der Waals surface area contributed by atoms with Gasteiger partial charge in [-0.2, -0.15) is 0 Å². The average Bonchev–Trinajstić information content (AvgIpc) is 2.08. The minimum absolute atomic E-state index is 0.0698. The molecule has 1 unspecified atom stereocenters. The van der Waals surface area contributed by atoms with Crippen LogP contribution in [0.2, 0.25) is 0 Å². The first kappa shape index (κ1) is 9.42. The van der Waals surface area contributed by atoms with Gasteiger partial charge in [-0.25, -0.2) is 8.78 Å². The maximum Gasteiger partial charge on any atom is 0.128 e. The first-order valence-electron chi connectivity index (χ1n) is 3.41. The number of nitrogens with two attached hydrogens (primary N) is 1. The summed E-state index contributed by atoms with van der Waals surface area (Å²) in [6, 6.07) is 2.49. The molecule has 0 fully saturated rings. The van der Waals surface area contributed by atoms with Crippen molar-refractivity contribution in [3.63, 3.8) is 0 Å². The third kappa shape index (κ3) is 1.93. The highest BCUT2D eigenvalue weighted by atomic mass is 35.5. The maximum absolute atomic E-state index is 12.9. The molecule has 0 aliphatic rings. The minimum Gasteiger partial charge on any atom is -0.323 e. The number of rotatable bonds is 2. The van der Waals surface area contributed by atoms with Gasteiger partial charge in [-0.1, -0.05) is 0 Å². The first-order valence-corrected chi connectivity index (χ1v) is 3.95. The summed E-state index contributed by atoms with van der Waals surface area (Å²) in [4.78, 5) is 0. The second-order valence-corrected chi connectivity index (χ2v) is 2.74. The molecule has 0 radical (unpaired) electrons. The van der Waals surface area contributed by atoms with Gasteiger partial charge in [0.2, 0.25) is 0 Å². The predicted octanol–water partition coefficient (Wildman–Crippen LogP) is 2.20. The third-order valence-electron chi connectivity index (χ3n) is 1.52. The topological polar surface area (TPSA) is 26.0 Å². The van der Waals surface area contributed by atoms with Gasteiger partial charge >= 0.3 is 0 Å². The van der Waals surface area contributed by atoms with E-state index >= 15 is 0 Å². The van der Waals surface area contributed by atoms with Gasteiger partial charge in [0.1, 0.15) is 11.6 Å². The van der Waals surface area contributed by atoms with Crippen molar-refractivity contribution in [1.82, 2.24) is 0 Å². The Labute approximate surface area is 74.1 Å². The van der Waals surface area contributed by atoms with Crippen LogP contribution >= 0.6 is 11.6 Å². The van der Waals surface area contributed by atoms with Crippen molar-refractivity contribution < 1.29 is 8.78 Å². The fraction of sp³-hybridized carbons (Fsp3) is 0.250. The maximum atomic E-state index is 12.9. The van der Waals surface area contributed by atoms with Crippen LogP contribution in [0.3, 0.4) is 0 Å². The molecule has 1 rings (SSSR count). The Bertz CT molecular complexity index is 278. The standard InChI is InChI=1S/C8H8ClF2N/c9-4-8(12)6-3-5(10)1-2-7(6)11/h1-3,8H,4,12H2. The first-order chi connectivity index (χ1) is 5.65. The van der Waals surface area contributed by atoms with E-state index in [1.165, 1.54) is 0 Å². The molecule has 0 bridgehead atoms. The molecule has 0 spiro atoms. The van der Waals surface area contributed by atoms with E-state index < -0.39 is 17.7 Å². The van der Waals surface area contributed by atoms with E-state index in [-0.39, 0.29) is 11.4 Å². The highest BCUT2D eigenvalue weighted by molar-refractivity contribution is 6.18. The molecule has 2 N–H and O–H groups in total. The van der Waals surface area contributed by atoms with Crippen molar-refractivity contribution in [1.29, 1.82) is 0 Å². The van der Waals surface area contributed by atoms with Gasteiger partial charge < -0.3 is 5.73 Å². The molecule has 0 aromatic heterocycles. The van der Waals surface area contributed by atoms with Crippen LogP contribution in [0, 0.1) is 11.6 Å². The molecule has 1 aromatic rings. The summed E-state index contributed by atoms with van der Waals surface area (Å²) in [7, 11) is 0. The summed E-state index contributed by atoms with van der Waals surface area (Å²) in [5.74, 6) is -0.961. The largest absolute Gasteiger partial charge is 0.323 e. The van der Waals surface area contributed by atoms with E-state index in [1.54, 1.807) is 0 Å². The van der Waals surface area contributed by atoms with E-state index in [4.69, 9.17) is 17.3 Å². The van der Waals surface area contributed by atoms with Gasteiger partial charge in [-0.15, -0.1) is 11.6 Å². The fourth-order valence-corrected chi connectivity index (χ4v) is 1.05. The lowest BCUT2D eigenvalue weighted by atomic mass is 10.1. The predicted molar refractivity (Wildman–Crippen MR) is 44.0 cm³/mol. The van der Waals surface area contributed by atoms with Crippen molar-refractivity contribution in [2.24, 2.45) is 5.73 Å². The molecule has 0 heterocycles. The van der Waals surface area contributed by atoms with Crippen LogP contribution in [0.1, 0.15) is 11.6 Å². The number of alkyl halides is 1. The normalized spacial score (nSPS) is 13.0. The molecule has 0 saturated carbocycles. The van der Waals surface area contributed by atoms with Gasteiger partial charge in [-0.05, 0) is 18.2 Å². The molecular weight excluding hydrogens is 184 g/mol. The Morgan fingerprint density at radius 3 is 2.67 bits per heavy atom. The average molecular weight is 192 g/mol. The lowest BCUT2D eigenvalue weighted by Gasteiger charge is -2.08. The van der Waals surface area contributed by atoms with Crippen LogP contribution in [0.5, 0.6) is 0 Å². The van der Waals surface area contributed by atoms with Crippen LogP contribution < -0.4 is 5.73 Å². The highest BCUT2D eigenvalue weighted by Gasteiger charge is 2.10. The molecule has 0 aliphatic carbocycles. The number of hydrogen-bond acceptors (Lipinski definition) is 1. The molecule has 1 aromatic carbocycles. The van der Waals surface area contributed by atoms with Gasteiger partial charge in [0, 0.05) is 17.5 Å². The Kier molecular flexibility index (Phi) is 3.00. The highest BCUT2D eigenvalue weighted by Crippen LogP contribution is 2.17. The van der Waals surface area contributed by atoms with Crippen LogP contribution in [-0.2, 0) is 0 Å². The summed E-state index contributed by atoms with van der Waals surface area (Å²) >= 11 is 5.40. The van der Waals surface area contributed by atoms with Crippen molar-refractivity contribution in [2.45, 2.75) is 6.04 Å². The Balaban J connectivity index is 3.04.